The van der Waals surface area contributed by atoms with Gasteiger partial charge >= 0.3 is 0 Å². The van der Waals surface area contributed by atoms with Crippen molar-refractivity contribution in [3.8, 4) is 0 Å². The van der Waals surface area contributed by atoms with Gasteiger partial charge in [0.25, 0.3) is 0 Å². The monoisotopic (exact) mass is 144 g/mol. The Kier molecular flexibility index (Phi) is 5.26. The number of ether oxygens (including phenoxy) is 1. The van der Waals surface area contributed by atoms with E-state index in [4.69, 9.17) is 4.74 Å². The standard InChI is InChI=1S/C8H16O2/c1-4-7(2)8(9)5-6-10-3/h4,7-9H,1,5-6H2,2-3H3/t7-,8-/m0/s1. The van der Waals surface area contributed by atoms with Gasteiger partial charge in [-0.25, -0.2) is 0 Å². The Morgan fingerprint density at radius 3 is 2.70 bits per heavy atom. The first-order valence-corrected chi connectivity index (χ1v) is 3.52. The summed E-state index contributed by atoms with van der Waals surface area (Å²) in [7, 11) is 1.63. The van der Waals surface area contributed by atoms with E-state index in [0.717, 1.165) is 0 Å². The highest BCUT2D eigenvalue weighted by Crippen LogP contribution is 2.06. The largest absolute Gasteiger partial charge is 0.392 e. The van der Waals surface area contributed by atoms with Crippen molar-refractivity contribution in [3.63, 3.8) is 0 Å². The summed E-state index contributed by atoms with van der Waals surface area (Å²) in [6.07, 6.45) is 2.13. The molecule has 0 amide bonds. The third-order valence-electron chi connectivity index (χ3n) is 1.60. The summed E-state index contributed by atoms with van der Waals surface area (Å²) >= 11 is 0. The molecule has 0 saturated carbocycles. The fourth-order valence-corrected chi connectivity index (χ4v) is 0.659. The Morgan fingerprint density at radius 2 is 2.30 bits per heavy atom. The minimum absolute atomic E-state index is 0.162. The first kappa shape index (κ1) is 9.66. The molecule has 0 fully saturated rings. The molecule has 0 saturated heterocycles. The number of aliphatic hydroxyl groups excluding tert-OH is 1. The van der Waals surface area contributed by atoms with Crippen molar-refractivity contribution in [2.75, 3.05) is 13.7 Å². The van der Waals surface area contributed by atoms with Crippen LogP contribution < -0.4 is 0 Å². The molecule has 0 spiro atoms. The van der Waals surface area contributed by atoms with Crippen LogP contribution >= 0.6 is 0 Å². The van der Waals surface area contributed by atoms with E-state index in [-0.39, 0.29) is 12.0 Å². The second kappa shape index (κ2) is 5.45. The smallest absolute Gasteiger partial charge is 0.0621 e. The number of methoxy groups -OCH3 is 1. The number of rotatable bonds is 5. The Labute approximate surface area is 62.5 Å². The summed E-state index contributed by atoms with van der Waals surface area (Å²) in [6, 6.07) is 0. The zero-order valence-corrected chi connectivity index (χ0v) is 6.71. The van der Waals surface area contributed by atoms with Crippen molar-refractivity contribution in [2.45, 2.75) is 19.4 Å². The molecule has 10 heavy (non-hydrogen) atoms. The maximum absolute atomic E-state index is 9.30. The molecule has 0 aliphatic rings. The Hall–Kier alpha value is -0.340. The van der Waals surface area contributed by atoms with Crippen LogP contribution in [0.15, 0.2) is 12.7 Å². The summed E-state index contributed by atoms with van der Waals surface area (Å²) in [5.74, 6) is 0.162. The average Bonchev–Trinajstić information content (AvgIpc) is 1.98. The molecule has 0 rings (SSSR count). The molecule has 0 aliphatic heterocycles. The minimum atomic E-state index is -0.308. The van der Waals surface area contributed by atoms with Crippen molar-refractivity contribution in [1.29, 1.82) is 0 Å². The lowest BCUT2D eigenvalue weighted by Crippen LogP contribution is -2.17. The van der Waals surface area contributed by atoms with E-state index in [2.05, 4.69) is 6.58 Å². The number of hydrogen-bond donors (Lipinski definition) is 1. The third kappa shape index (κ3) is 3.64. The zero-order valence-electron chi connectivity index (χ0n) is 6.71. The minimum Gasteiger partial charge on any atom is -0.392 e. The first-order valence-electron chi connectivity index (χ1n) is 3.52. The molecule has 2 atom stereocenters. The van der Waals surface area contributed by atoms with Gasteiger partial charge in [-0.3, -0.25) is 0 Å². The van der Waals surface area contributed by atoms with Crippen LogP contribution in [0.5, 0.6) is 0 Å². The summed E-state index contributed by atoms with van der Waals surface area (Å²) < 4.78 is 4.81. The molecule has 0 unspecified atom stereocenters. The van der Waals surface area contributed by atoms with Crippen LogP contribution in [0, 0.1) is 5.92 Å². The van der Waals surface area contributed by atoms with Crippen molar-refractivity contribution in [2.24, 2.45) is 5.92 Å². The van der Waals surface area contributed by atoms with Gasteiger partial charge in [0.1, 0.15) is 0 Å². The molecule has 1 N–H and O–H groups in total. The third-order valence-corrected chi connectivity index (χ3v) is 1.60. The molecule has 2 heteroatoms. The summed E-state index contributed by atoms with van der Waals surface area (Å²) in [6.45, 7) is 6.14. The Balaban J connectivity index is 3.40. The highest BCUT2D eigenvalue weighted by molar-refractivity contribution is 4.80. The maximum atomic E-state index is 9.30. The van der Waals surface area contributed by atoms with E-state index >= 15 is 0 Å². The quantitative estimate of drug-likeness (QED) is 0.588. The number of hydrogen-bond acceptors (Lipinski definition) is 2. The topological polar surface area (TPSA) is 29.5 Å². The van der Waals surface area contributed by atoms with Crippen LogP contribution in [-0.4, -0.2) is 24.9 Å². The van der Waals surface area contributed by atoms with E-state index < -0.39 is 0 Å². The van der Waals surface area contributed by atoms with Crippen LogP contribution in [0.3, 0.4) is 0 Å². The second-order valence-corrected chi connectivity index (χ2v) is 2.44. The van der Waals surface area contributed by atoms with Gasteiger partial charge < -0.3 is 9.84 Å². The van der Waals surface area contributed by atoms with Crippen molar-refractivity contribution in [1.82, 2.24) is 0 Å². The molecule has 60 valence electrons. The van der Waals surface area contributed by atoms with Gasteiger partial charge in [0, 0.05) is 13.7 Å². The summed E-state index contributed by atoms with van der Waals surface area (Å²) in [4.78, 5) is 0. The second-order valence-electron chi connectivity index (χ2n) is 2.44. The normalized spacial score (nSPS) is 16.3. The van der Waals surface area contributed by atoms with E-state index in [1.807, 2.05) is 6.92 Å². The van der Waals surface area contributed by atoms with Crippen molar-refractivity contribution >= 4 is 0 Å². The summed E-state index contributed by atoms with van der Waals surface area (Å²) in [5.41, 5.74) is 0. The Morgan fingerprint density at radius 1 is 1.70 bits per heavy atom. The molecule has 0 radical (unpaired) electrons. The SMILES string of the molecule is C=C[C@H](C)[C@@H](O)CCOC. The molecule has 0 aromatic rings. The molecule has 0 aliphatic carbocycles. The van der Waals surface area contributed by atoms with Gasteiger partial charge in [0.15, 0.2) is 0 Å². The van der Waals surface area contributed by atoms with Crippen molar-refractivity contribution in [3.05, 3.63) is 12.7 Å². The van der Waals surface area contributed by atoms with Crippen LogP contribution in [0.4, 0.5) is 0 Å². The highest BCUT2D eigenvalue weighted by atomic mass is 16.5. The summed E-state index contributed by atoms with van der Waals surface area (Å²) in [5, 5.41) is 9.30. The first-order chi connectivity index (χ1) is 4.72. The van der Waals surface area contributed by atoms with E-state index in [1.165, 1.54) is 0 Å². The predicted octanol–water partition coefficient (Wildman–Crippen LogP) is 1.21. The van der Waals surface area contributed by atoms with Crippen LogP contribution in [0.2, 0.25) is 0 Å². The zero-order chi connectivity index (χ0) is 7.98. The van der Waals surface area contributed by atoms with Gasteiger partial charge in [0.2, 0.25) is 0 Å². The van der Waals surface area contributed by atoms with E-state index in [0.29, 0.717) is 13.0 Å². The van der Waals surface area contributed by atoms with Crippen LogP contribution in [-0.2, 0) is 4.74 Å². The van der Waals surface area contributed by atoms with Gasteiger partial charge in [0.05, 0.1) is 6.10 Å². The fraction of sp³-hybridized carbons (Fsp3) is 0.750. The molecular formula is C8H16O2. The van der Waals surface area contributed by atoms with Gasteiger partial charge in [-0.1, -0.05) is 13.0 Å². The van der Waals surface area contributed by atoms with Gasteiger partial charge in [-0.2, -0.15) is 0 Å². The lowest BCUT2D eigenvalue weighted by Gasteiger charge is -2.13. The average molecular weight is 144 g/mol. The van der Waals surface area contributed by atoms with Gasteiger partial charge in [-0.05, 0) is 12.3 Å². The molecule has 2 nitrogen and oxygen atoms in total. The highest BCUT2D eigenvalue weighted by Gasteiger charge is 2.08. The predicted molar refractivity (Wildman–Crippen MR) is 41.9 cm³/mol. The molecule has 0 heterocycles. The van der Waals surface area contributed by atoms with Crippen LogP contribution in [0.1, 0.15) is 13.3 Å². The lowest BCUT2D eigenvalue weighted by molar-refractivity contribution is 0.0867. The Bertz CT molecular complexity index is 91.3. The lowest BCUT2D eigenvalue weighted by atomic mass is 10.0. The molecule has 0 aromatic carbocycles. The van der Waals surface area contributed by atoms with E-state index in [9.17, 15) is 5.11 Å². The molecule has 0 aromatic heterocycles. The fourth-order valence-electron chi connectivity index (χ4n) is 0.659. The van der Waals surface area contributed by atoms with Crippen LogP contribution in [0.25, 0.3) is 0 Å². The molecular weight excluding hydrogens is 128 g/mol. The van der Waals surface area contributed by atoms with Gasteiger partial charge in [-0.15, -0.1) is 6.58 Å². The molecule has 0 bridgehead atoms. The van der Waals surface area contributed by atoms with E-state index in [1.54, 1.807) is 13.2 Å². The van der Waals surface area contributed by atoms with Crippen molar-refractivity contribution < 1.29 is 9.84 Å². The maximum Gasteiger partial charge on any atom is 0.0621 e. The number of aliphatic hydroxyl groups is 1.